The van der Waals surface area contributed by atoms with E-state index in [4.69, 9.17) is 15.1 Å². The smallest absolute Gasteiger partial charge is 0.160 e. The number of rotatable bonds is 7. The molecule has 0 atom stereocenters. The summed E-state index contributed by atoms with van der Waals surface area (Å²) in [5.41, 5.74) is 14.5. The molecule has 62 heavy (non-hydrogen) atoms. The summed E-state index contributed by atoms with van der Waals surface area (Å²) in [7, 11) is 0. The van der Waals surface area contributed by atoms with Crippen molar-refractivity contribution in [3.8, 4) is 78.7 Å². The molecule has 0 radical (unpaired) electrons. The molecule has 0 aliphatic heterocycles. The summed E-state index contributed by atoms with van der Waals surface area (Å²) in [6.07, 6.45) is 0. The summed E-state index contributed by atoms with van der Waals surface area (Å²) < 4.78 is 4.77. The molecule has 290 valence electrons. The molecule has 0 bridgehead atoms. The molecule has 0 aliphatic rings. The zero-order valence-electron chi connectivity index (χ0n) is 33.5. The molecule has 0 N–H and O–H groups in total. The van der Waals surface area contributed by atoms with Crippen LogP contribution in [0.1, 0.15) is 0 Å². The molecular weight excluding hydrogens is 773 g/mol. The van der Waals surface area contributed by atoms with Crippen LogP contribution in [0.25, 0.3) is 115 Å². The number of fused-ring (bicyclic) bond motifs is 6. The van der Waals surface area contributed by atoms with Gasteiger partial charge in [-0.2, -0.15) is 5.10 Å². The Bertz CT molecular complexity index is 3610. The number of thiophene rings is 1. The van der Waals surface area contributed by atoms with Gasteiger partial charge in [0.2, 0.25) is 0 Å². The van der Waals surface area contributed by atoms with Crippen molar-refractivity contribution in [2.75, 3.05) is 0 Å². The Morgan fingerprint density at radius 1 is 0.355 bits per heavy atom. The maximum Gasteiger partial charge on any atom is 0.160 e. The van der Waals surface area contributed by atoms with E-state index in [0.717, 1.165) is 78.0 Å². The van der Waals surface area contributed by atoms with Gasteiger partial charge < -0.3 is 0 Å². The lowest BCUT2D eigenvalue weighted by Gasteiger charge is -2.13. The molecule has 0 amide bonds. The van der Waals surface area contributed by atoms with Gasteiger partial charge in [-0.1, -0.05) is 182 Å². The van der Waals surface area contributed by atoms with Crippen LogP contribution in [0.5, 0.6) is 0 Å². The first-order chi connectivity index (χ1) is 30.7. The number of nitrogens with zero attached hydrogens (tertiary/aromatic N) is 4. The highest BCUT2D eigenvalue weighted by Gasteiger charge is 2.22. The highest BCUT2D eigenvalue weighted by molar-refractivity contribution is 7.25. The van der Waals surface area contributed by atoms with Gasteiger partial charge in [0.05, 0.1) is 22.6 Å². The summed E-state index contributed by atoms with van der Waals surface area (Å²) in [5, 5.41) is 10.4. The third-order valence-corrected chi connectivity index (χ3v) is 13.0. The van der Waals surface area contributed by atoms with Gasteiger partial charge in [-0.05, 0) is 58.5 Å². The van der Waals surface area contributed by atoms with E-state index in [0.29, 0.717) is 5.82 Å². The predicted octanol–water partition coefficient (Wildman–Crippen LogP) is 15.3. The van der Waals surface area contributed by atoms with Crippen LogP contribution < -0.4 is 0 Å². The Hall–Kier alpha value is -7.99. The lowest BCUT2D eigenvalue weighted by Crippen LogP contribution is -1.98. The van der Waals surface area contributed by atoms with Crippen molar-refractivity contribution in [1.82, 2.24) is 19.6 Å². The van der Waals surface area contributed by atoms with Crippen molar-refractivity contribution in [3.63, 3.8) is 0 Å². The number of pyridine rings is 1. The zero-order valence-corrected chi connectivity index (χ0v) is 34.3. The summed E-state index contributed by atoms with van der Waals surface area (Å²) in [5.74, 6) is 0.683. The van der Waals surface area contributed by atoms with Crippen LogP contribution >= 0.6 is 11.3 Å². The van der Waals surface area contributed by atoms with Gasteiger partial charge in [-0.15, -0.1) is 11.3 Å². The molecule has 0 fully saturated rings. The van der Waals surface area contributed by atoms with Gasteiger partial charge in [0, 0.05) is 58.9 Å². The SMILES string of the molecule is c1ccc(-c2nc(-c3ccc(-c4ccc5sc6ccccc6c5c4)cc3)cc(-c3cccc(-c4cc5ccccc5c5c(-c6ccccc6)c(-c6ccccc6)nn45)c3)n2)cc1. The fourth-order valence-electron chi connectivity index (χ4n) is 8.81. The molecular formula is C57H36N4S. The van der Waals surface area contributed by atoms with Crippen LogP contribution in [0, 0.1) is 0 Å². The third kappa shape index (κ3) is 6.26. The Morgan fingerprint density at radius 3 is 1.71 bits per heavy atom. The number of aromatic nitrogens is 4. The van der Waals surface area contributed by atoms with E-state index in [1.54, 1.807) is 0 Å². The second-order valence-electron chi connectivity index (χ2n) is 15.6. The fourth-order valence-corrected chi connectivity index (χ4v) is 9.89. The molecule has 8 aromatic carbocycles. The molecule has 4 heterocycles. The minimum absolute atomic E-state index is 0.683. The quantitative estimate of drug-likeness (QED) is 0.161. The minimum atomic E-state index is 0.683. The van der Waals surface area contributed by atoms with Gasteiger partial charge in [0.15, 0.2) is 5.82 Å². The molecule has 5 heteroatoms. The molecule has 12 rings (SSSR count). The fraction of sp³-hybridized carbons (Fsp3) is 0. The van der Waals surface area contributed by atoms with Gasteiger partial charge in [0.25, 0.3) is 0 Å². The first kappa shape index (κ1) is 35.9. The second kappa shape index (κ2) is 14.9. The molecule has 12 aromatic rings. The molecule has 0 unspecified atom stereocenters. The second-order valence-corrected chi connectivity index (χ2v) is 16.7. The first-order valence-electron chi connectivity index (χ1n) is 20.8. The van der Waals surface area contributed by atoms with Gasteiger partial charge in [-0.3, -0.25) is 0 Å². The van der Waals surface area contributed by atoms with Crippen molar-refractivity contribution in [2.24, 2.45) is 0 Å². The standard InChI is InChI=1S/C57H36N4S/c1-4-15-39(16-5-1)54-55(40-17-6-2-7-18-40)60-61-51(35-43-21-10-11-24-46(43)56(54)61)45-23-14-22-44(33-45)50-36-49(58-57(59-50)41-19-8-3-9-20-41)38-29-27-37(28-30-38)42-31-32-53-48(34-42)47-25-12-13-26-52(47)62-53/h1-36H. The van der Waals surface area contributed by atoms with E-state index in [2.05, 4.69) is 205 Å². The van der Waals surface area contributed by atoms with Crippen LogP contribution in [0.3, 0.4) is 0 Å². The maximum atomic E-state index is 5.44. The Kier molecular flexibility index (Phi) is 8.65. The van der Waals surface area contributed by atoms with Crippen molar-refractivity contribution >= 4 is 47.8 Å². The van der Waals surface area contributed by atoms with E-state index in [1.165, 1.54) is 31.3 Å². The maximum absolute atomic E-state index is 5.44. The van der Waals surface area contributed by atoms with Crippen LogP contribution in [-0.4, -0.2) is 19.6 Å². The highest BCUT2D eigenvalue weighted by atomic mass is 32.1. The topological polar surface area (TPSA) is 43.1 Å². The molecule has 4 nitrogen and oxygen atoms in total. The number of hydrogen-bond donors (Lipinski definition) is 0. The molecule has 0 spiro atoms. The molecule has 0 aliphatic carbocycles. The number of benzene rings is 8. The number of hydrogen-bond acceptors (Lipinski definition) is 4. The van der Waals surface area contributed by atoms with Crippen molar-refractivity contribution in [3.05, 3.63) is 218 Å². The Labute approximate surface area is 362 Å². The molecule has 4 aromatic heterocycles. The summed E-state index contributed by atoms with van der Waals surface area (Å²) in [6, 6.07) is 77.3. The first-order valence-corrected chi connectivity index (χ1v) is 21.7. The highest BCUT2D eigenvalue weighted by Crippen LogP contribution is 2.42. The Morgan fingerprint density at radius 2 is 0.935 bits per heavy atom. The van der Waals surface area contributed by atoms with E-state index >= 15 is 0 Å². The van der Waals surface area contributed by atoms with Gasteiger partial charge in [0.1, 0.15) is 5.69 Å². The van der Waals surface area contributed by atoms with Crippen molar-refractivity contribution < 1.29 is 0 Å². The lowest BCUT2D eigenvalue weighted by molar-refractivity contribution is 0.979. The van der Waals surface area contributed by atoms with Crippen LogP contribution in [0.4, 0.5) is 0 Å². The van der Waals surface area contributed by atoms with E-state index in [1.807, 2.05) is 29.5 Å². The average Bonchev–Trinajstić information content (AvgIpc) is 3.94. The lowest BCUT2D eigenvalue weighted by atomic mass is 9.96. The van der Waals surface area contributed by atoms with Crippen molar-refractivity contribution in [1.29, 1.82) is 0 Å². The van der Waals surface area contributed by atoms with Crippen LogP contribution in [-0.2, 0) is 0 Å². The van der Waals surface area contributed by atoms with Crippen molar-refractivity contribution in [2.45, 2.75) is 0 Å². The molecule has 0 saturated heterocycles. The zero-order chi connectivity index (χ0) is 41.0. The van der Waals surface area contributed by atoms with Crippen LogP contribution in [0.2, 0.25) is 0 Å². The summed E-state index contributed by atoms with van der Waals surface area (Å²) in [6.45, 7) is 0. The third-order valence-electron chi connectivity index (χ3n) is 11.8. The minimum Gasteiger partial charge on any atom is -0.231 e. The predicted molar refractivity (Wildman–Crippen MR) is 259 cm³/mol. The summed E-state index contributed by atoms with van der Waals surface area (Å²) in [4.78, 5) is 10.4. The Balaban J connectivity index is 0.995. The monoisotopic (exact) mass is 808 g/mol. The van der Waals surface area contributed by atoms with E-state index in [-0.39, 0.29) is 0 Å². The normalized spacial score (nSPS) is 11.5. The summed E-state index contributed by atoms with van der Waals surface area (Å²) >= 11 is 1.85. The molecule has 0 saturated carbocycles. The van der Waals surface area contributed by atoms with E-state index in [9.17, 15) is 0 Å². The average molecular weight is 809 g/mol. The van der Waals surface area contributed by atoms with Gasteiger partial charge >= 0.3 is 0 Å². The van der Waals surface area contributed by atoms with Gasteiger partial charge in [-0.25, -0.2) is 14.5 Å². The largest absolute Gasteiger partial charge is 0.231 e. The van der Waals surface area contributed by atoms with Crippen LogP contribution in [0.15, 0.2) is 218 Å². The van der Waals surface area contributed by atoms with E-state index < -0.39 is 0 Å².